The molecule has 1 aromatic carbocycles. The number of benzene rings is 1. The van der Waals surface area contributed by atoms with Gasteiger partial charge in [0.2, 0.25) is 5.91 Å². The number of aromatic nitrogens is 2. The van der Waals surface area contributed by atoms with Crippen LogP contribution in [0.25, 0.3) is 0 Å². The molecule has 2 aliphatic rings. The Hall–Kier alpha value is -3.61. The number of fused-ring (bicyclic) bond motifs is 1. The highest BCUT2D eigenvalue weighted by Gasteiger charge is 2.28. The third kappa shape index (κ3) is 4.35. The molecule has 3 aromatic rings. The minimum Gasteiger partial charge on any atom is -0.368 e. The molecule has 5 rings (SSSR count). The third-order valence-electron chi connectivity index (χ3n) is 6.35. The van der Waals surface area contributed by atoms with E-state index in [9.17, 15) is 9.18 Å². The van der Waals surface area contributed by atoms with Crippen molar-refractivity contribution in [3.05, 3.63) is 88.8 Å². The van der Waals surface area contributed by atoms with E-state index in [0.717, 1.165) is 52.6 Å². The molecule has 168 valence electrons. The molecule has 0 radical (unpaired) electrons. The van der Waals surface area contributed by atoms with Crippen molar-refractivity contribution >= 4 is 17.3 Å². The van der Waals surface area contributed by atoms with E-state index in [1.165, 1.54) is 12.1 Å². The Morgan fingerprint density at radius 2 is 1.94 bits per heavy atom. The number of aryl methyl sites for hydroxylation is 1. The van der Waals surface area contributed by atoms with Crippen LogP contribution in [0.1, 0.15) is 35.0 Å². The molecule has 1 unspecified atom stereocenters. The number of aliphatic imine (C=N–C) groups is 1. The van der Waals surface area contributed by atoms with E-state index in [0.29, 0.717) is 13.1 Å². The molecule has 0 saturated carbocycles. The third-order valence-corrected chi connectivity index (χ3v) is 6.35. The Morgan fingerprint density at radius 3 is 2.70 bits per heavy atom. The Labute approximate surface area is 192 Å². The van der Waals surface area contributed by atoms with Crippen LogP contribution in [0.3, 0.4) is 0 Å². The Kier molecular flexibility index (Phi) is 5.62. The Bertz CT molecular complexity index is 1220. The molecule has 33 heavy (non-hydrogen) atoms. The van der Waals surface area contributed by atoms with Gasteiger partial charge in [0.05, 0.1) is 24.4 Å². The van der Waals surface area contributed by atoms with Crippen LogP contribution in [-0.2, 0) is 17.8 Å². The van der Waals surface area contributed by atoms with Gasteiger partial charge in [0.15, 0.2) is 0 Å². The zero-order valence-electron chi connectivity index (χ0n) is 18.8. The van der Waals surface area contributed by atoms with Crippen molar-refractivity contribution in [3.8, 4) is 0 Å². The number of piperazine rings is 1. The summed E-state index contributed by atoms with van der Waals surface area (Å²) in [6.07, 6.45) is 3.91. The lowest BCUT2D eigenvalue weighted by Crippen LogP contribution is -2.54. The van der Waals surface area contributed by atoms with Crippen LogP contribution in [0, 0.1) is 12.7 Å². The summed E-state index contributed by atoms with van der Waals surface area (Å²) in [6, 6.07) is 12.6. The maximum Gasteiger partial charge on any atom is 0.228 e. The van der Waals surface area contributed by atoms with Gasteiger partial charge in [-0.3, -0.25) is 19.8 Å². The number of anilines is 1. The molecule has 6 nitrogen and oxygen atoms in total. The van der Waals surface area contributed by atoms with Gasteiger partial charge < -0.3 is 9.80 Å². The molecule has 1 fully saturated rings. The topological polar surface area (TPSA) is 61.7 Å². The SMILES string of the molecule is Cc1cc(C2=NCc3cc(CC(=O)N4CCN(c5ccc(F)cc5)CC4C)ncc32)ccn1. The van der Waals surface area contributed by atoms with Gasteiger partial charge in [-0.25, -0.2) is 4.39 Å². The largest absolute Gasteiger partial charge is 0.368 e. The fraction of sp³-hybridized carbons (Fsp3) is 0.308. The minimum absolute atomic E-state index is 0.0654. The predicted octanol–water partition coefficient (Wildman–Crippen LogP) is 3.55. The van der Waals surface area contributed by atoms with Crippen molar-refractivity contribution in [3.63, 3.8) is 0 Å². The van der Waals surface area contributed by atoms with E-state index in [1.54, 1.807) is 18.3 Å². The molecule has 0 aliphatic carbocycles. The molecule has 0 spiro atoms. The van der Waals surface area contributed by atoms with Crippen LogP contribution in [-0.4, -0.2) is 52.2 Å². The molecule has 2 aromatic heterocycles. The quantitative estimate of drug-likeness (QED) is 0.619. The van der Waals surface area contributed by atoms with E-state index >= 15 is 0 Å². The lowest BCUT2D eigenvalue weighted by Gasteiger charge is -2.41. The summed E-state index contributed by atoms with van der Waals surface area (Å²) >= 11 is 0. The molecular formula is C26H26FN5O. The van der Waals surface area contributed by atoms with E-state index in [4.69, 9.17) is 4.99 Å². The van der Waals surface area contributed by atoms with Crippen molar-refractivity contribution in [1.29, 1.82) is 0 Å². The van der Waals surface area contributed by atoms with Crippen LogP contribution in [0.4, 0.5) is 10.1 Å². The van der Waals surface area contributed by atoms with Gasteiger partial charge in [-0.15, -0.1) is 0 Å². The molecular weight excluding hydrogens is 417 g/mol. The number of nitrogens with zero attached hydrogens (tertiary/aromatic N) is 5. The molecule has 0 N–H and O–H groups in total. The predicted molar refractivity (Wildman–Crippen MR) is 126 cm³/mol. The molecule has 7 heteroatoms. The summed E-state index contributed by atoms with van der Waals surface area (Å²) in [7, 11) is 0. The van der Waals surface area contributed by atoms with Crippen LogP contribution >= 0.6 is 0 Å². The van der Waals surface area contributed by atoms with Gasteiger partial charge in [-0.05, 0) is 61.9 Å². The lowest BCUT2D eigenvalue weighted by molar-refractivity contribution is -0.132. The van der Waals surface area contributed by atoms with Gasteiger partial charge in [0, 0.05) is 60.6 Å². The molecule has 4 heterocycles. The number of carbonyl (C=O) groups excluding carboxylic acids is 1. The van der Waals surface area contributed by atoms with Crippen molar-refractivity contribution in [2.24, 2.45) is 4.99 Å². The first kappa shape index (κ1) is 21.2. The number of hydrogen-bond donors (Lipinski definition) is 0. The zero-order chi connectivity index (χ0) is 22.9. The van der Waals surface area contributed by atoms with Gasteiger partial charge in [0.25, 0.3) is 0 Å². The molecule has 0 bridgehead atoms. The van der Waals surface area contributed by atoms with E-state index in [-0.39, 0.29) is 24.2 Å². The molecule has 1 atom stereocenters. The summed E-state index contributed by atoms with van der Waals surface area (Å²) in [5, 5.41) is 0. The van der Waals surface area contributed by atoms with Crippen LogP contribution in [0.15, 0.2) is 59.9 Å². The van der Waals surface area contributed by atoms with Crippen molar-refractivity contribution in [2.45, 2.75) is 32.9 Å². The normalized spacial score (nSPS) is 17.7. The average molecular weight is 444 g/mol. The van der Waals surface area contributed by atoms with E-state index in [1.807, 2.05) is 36.2 Å². The number of hydrogen-bond acceptors (Lipinski definition) is 5. The Morgan fingerprint density at radius 1 is 1.12 bits per heavy atom. The first-order chi connectivity index (χ1) is 16.0. The van der Waals surface area contributed by atoms with Crippen LogP contribution in [0.5, 0.6) is 0 Å². The highest BCUT2D eigenvalue weighted by atomic mass is 19.1. The Balaban J connectivity index is 1.24. The van der Waals surface area contributed by atoms with Crippen molar-refractivity contribution < 1.29 is 9.18 Å². The standard InChI is InChI=1S/C26H26FN5O/c1-17-11-19(7-8-28-17)26-24-15-29-22(12-20(24)14-30-26)13-25(33)32-10-9-31(16-18(32)2)23-5-3-21(27)4-6-23/h3-8,11-12,15,18H,9-10,13-14,16H2,1-2H3. The highest BCUT2D eigenvalue weighted by Crippen LogP contribution is 2.24. The minimum atomic E-state index is -0.240. The number of amides is 1. The number of halogens is 1. The van der Waals surface area contributed by atoms with Gasteiger partial charge in [-0.1, -0.05) is 0 Å². The molecule has 1 saturated heterocycles. The summed E-state index contributed by atoms with van der Waals surface area (Å²) in [5.74, 6) is -0.159. The van der Waals surface area contributed by atoms with E-state index in [2.05, 4.69) is 21.8 Å². The first-order valence-electron chi connectivity index (χ1n) is 11.2. The summed E-state index contributed by atoms with van der Waals surface area (Å²) in [6.45, 7) is 6.70. The fourth-order valence-electron chi connectivity index (χ4n) is 4.65. The highest BCUT2D eigenvalue weighted by molar-refractivity contribution is 6.15. The summed E-state index contributed by atoms with van der Waals surface area (Å²) < 4.78 is 13.2. The maximum absolute atomic E-state index is 13.2. The lowest BCUT2D eigenvalue weighted by atomic mass is 10.0. The van der Waals surface area contributed by atoms with Gasteiger partial charge in [0.1, 0.15) is 5.82 Å². The fourth-order valence-corrected chi connectivity index (χ4v) is 4.65. The monoisotopic (exact) mass is 443 g/mol. The summed E-state index contributed by atoms with van der Waals surface area (Å²) in [4.78, 5) is 30.7. The zero-order valence-corrected chi connectivity index (χ0v) is 18.8. The summed E-state index contributed by atoms with van der Waals surface area (Å²) in [5.41, 5.74) is 6.81. The average Bonchev–Trinajstić information content (AvgIpc) is 3.23. The maximum atomic E-state index is 13.2. The van der Waals surface area contributed by atoms with Gasteiger partial charge >= 0.3 is 0 Å². The second-order valence-electron chi connectivity index (χ2n) is 8.72. The second kappa shape index (κ2) is 8.73. The van der Waals surface area contributed by atoms with E-state index < -0.39 is 0 Å². The number of carbonyl (C=O) groups is 1. The second-order valence-corrected chi connectivity index (χ2v) is 8.72. The van der Waals surface area contributed by atoms with Crippen LogP contribution in [0.2, 0.25) is 0 Å². The van der Waals surface area contributed by atoms with Crippen LogP contribution < -0.4 is 4.90 Å². The number of pyridine rings is 2. The van der Waals surface area contributed by atoms with Gasteiger partial charge in [-0.2, -0.15) is 0 Å². The van der Waals surface area contributed by atoms with Crippen molar-refractivity contribution in [1.82, 2.24) is 14.9 Å². The smallest absolute Gasteiger partial charge is 0.228 e. The molecule has 2 aliphatic heterocycles. The molecule has 1 amide bonds. The van der Waals surface area contributed by atoms with Crippen molar-refractivity contribution in [2.75, 3.05) is 24.5 Å². The first-order valence-corrected chi connectivity index (χ1v) is 11.2. The number of rotatable bonds is 4.